The standard InChI is InChI=1S/C15H20BrFN2O/c1-18(2)15(20)11-5-7-19(8-6-11)10-12-3-4-13(17)9-14(12)16/h3-4,9,11H,5-8,10H2,1-2H3. The predicted molar refractivity (Wildman–Crippen MR) is 80.8 cm³/mol. The van der Waals surface area contributed by atoms with Gasteiger partial charge in [0.05, 0.1) is 0 Å². The molecule has 110 valence electrons. The normalized spacial score (nSPS) is 17.2. The van der Waals surface area contributed by atoms with Crippen LogP contribution in [0.3, 0.4) is 0 Å². The molecule has 2 rings (SSSR count). The van der Waals surface area contributed by atoms with Crippen LogP contribution in [-0.2, 0) is 11.3 Å². The van der Waals surface area contributed by atoms with Gasteiger partial charge in [-0.15, -0.1) is 0 Å². The highest BCUT2D eigenvalue weighted by Crippen LogP contribution is 2.24. The topological polar surface area (TPSA) is 23.6 Å². The summed E-state index contributed by atoms with van der Waals surface area (Å²) in [5.41, 5.74) is 1.09. The van der Waals surface area contributed by atoms with Gasteiger partial charge in [-0.25, -0.2) is 4.39 Å². The van der Waals surface area contributed by atoms with Gasteiger partial charge >= 0.3 is 0 Å². The molecular weight excluding hydrogens is 323 g/mol. The van der Waals surface area contributed by atoms with Crippen molar-refractivity contribution in [3.8, 4) is 0 Å². The fourth-order valence-corrected chi connectivity index (χ4v) is 3.07. The van der Waals surface area contributed by atoms with E-state index >= 15 is 0 Å². The first-order valence-electron chi connectivity index (χ1n) is 6.85. The highest BCUT2D eigenvalue weighted by atomic mass is 79.9. The van der Waals surface area contributed by atoms with Crippen molar-refractivity contribution in [2.75, 3.05) is 27.2 Å². The zero-order valence-corrected chi connectivity index (χ0v) is 13.5. The molecule has 0 aliphatic carbocycles. The van der Waals surface area contributed by atoms with Gasteiger partial charge in [-0.1, -0.05) is 22.0 Å². The summed E-state index contributed by atoms with van der Waals surface area (Å²) in [7, 11) is 3.62. The maximum absolute atomic E-state index is 13.1. The first-order chi connectivity index (χ1) is 9.47. The molecule has 1 aromatic carbocycles. The molecule has 0 saturated carbocycles. The quantitative estimate of drug-likeness (QED) is 0.843. The zero-order valence-electron chi connectivity index (χ0n) is 11.9. The van der Waals surface area contributed by atoms with E-state index in [1.165, 1.54) is 12.1 Å². The lowest BCUT2D eigenvalue weighted by atomic mass is 9.95. The molecule has 1 saturated heterocycles. The fraction of sp³-hybridized carbons (Fsp3) is 0.533. The van der Waals surface area contributed by atoms with E-state index in [-0.39, 0.29) is 17.6 Å². The molecule has 3 nitrogen and oxygen atoms in total. The Kier molecular flexibility index (Phi) is 5.16. The molecule has 1 aliphatic rings. The van der Waals surface area contributed by atoms with Crippen LogP contribution in [0.15, 0.2) is 22.7 Å². The molecule has 0 atom stereocenters. The maximum Gasteiger partial charge on any atom is 0.225 e. The second-order valence-electron chi connectivity index (χ2n) is 5.52. The molecule has 1 aliphatic heterocycles. The van der Waals surface area contributed by atoms with Gasteiger partial charge in [-0.3, -0.25) is 9.69 Å². The first kappa shape index (κ1) is 15.4. The van der Waals surface area contributed by atoms with E-state index in [0.717, 1.165) is 42.5 Å². The van der Waals surface area contributed by atoms with Crippen LogP contribution in [0.4, 0.5) is 4.39 Å². The summed E-state index contributed by atoms with van der Waals surface area (Å²) in [4.78, 5) is 15.9. The van der Waals surface area contributed by atoms with Gasteiger partial charge in [-0.2, -0.15) is 0 Å². The molecule has 1 heterocycles. The number of hydrogen-bond donors (Lipinski definition) is 0. The van der Waals surface area contributed by atoms with E-state index in [2.05, 4.69) is 20.8 Å². The maximum atomic E-state index is 13.1. The highest BCUT2D eigenvalue weighted by Gasteiger charge is 2.26. The molecule has 1 aromatic rings. The largest absolute Gasteiger partial charge is 0.349 e. The third-order valence-electron chi connectivity index (χ3n) is 3.79. The van der Waals surface area contributed by atoms with Gasteiger partial charge in [0.25, 0.3) is 0 Å². The van der Waals surface area contributed by atoms with Crippen LogP contribution in [0.2, 0.25) is 0 Å². The summed E-state index contributed by atoms with van der Waals surface area (Å²) >= 11 is 3.40. The van der Waals surface area contributed by atoms with Gasteiger partial charge < -0.3 is 4.90 Å². The molecule has 0 bridgehead atoms. The van der Waals surface area contributed by atoms with E-state index in [1.807, 2.05) is 20.2 Å². The summed E-state index contributed by atoms with van der Waals surface area (Å²) < 4.78 is 13.9. The van der Waals surface area contributed by atoms with Gasteiger partial charge in [0.15, 0.2) is 0 Å². The Balaban J connectivity index is 1.90. The summed E-state index contributed by atoms with van der Waals surface area (Å²) in [5.74, 6) is 0.154. The molecule has 0 aromatic heterocycles. The molecule has 20 heavy (non-hydrogen) atoms. The number of carbonyl (C=O) groups excluding carboxylic acids is 1. The Labute approximate surface area is 127 Å². The minimum absolute atomic E-state index is 0.151. The van der Waals surface area contributed by atoms with E-state index in [4.69, 9.17) is 0 Å². The van der Waals surface area contributed by atoms with Crippen molar-refractivity contribution in [3.05, 3.63) is 34.1 Å². The lowest BCUT2D eigenvalue weighted by molar-refractivity contribution is -0.134. The molecule has 0 spiro atoms. The van der Waals surface area contributed by atoms with Crippen LogP contribution < -0.4 is 0 Å². The summed E-state index contributed by atoms with van der Waals surface area (Å²) in [6, 6.07) is 4.80. The fourth-order valence-electron chi connectivity index (χ4n) is 2.59. The molecule has 0 unspecified atom stereocenters. The Morgan fingerprint density at radius 1 is 1.40 bits per heavy atom. The molecule has 1 amide bonds. The molecular formula is C15H20BrFN2O. The number of rotatable bonds is 3. The van der Waals surface area contributed by atoms with Gasteiger partial charge in [-0.05, 0) is 43.6 Å². The predicted octanol–water partition coefficient (Wildman–Crippen LogP) is 2.89. The van der Waals surface area contributed by atoms with Crippen LogP contribution in [0.25, 0.3) is 0 Å². The third-order valence-corrected chi connectivity index (χ3v) is 4.52. The number of piperidine rings is 1. The highest BCUT2D eigenvalue weighted by molar-refractivity contribution is 9.10. The molecule has 1 fully saturated rings. The molecule has 5 heteroatoms. The van der Waals surface area contributed by atoms with Crippen LogP contribution >= 0.6 is 15.9 Å². The second-order valence-corrected chi connectivity index (χ2v) is 6.37. The second kappa shape index (κ2) is 6.68. The van der Waals surface area contributed by atoms with Gasteiger partial charge in [0, 0.05) is 31.0 Å². The number of hydrogen-bond acceptors (Lipinski definition) is 2. The summed E-state index contributed by atoms with van der Waals surface area (Å²) in [5, 5.41) is 0. The average Bonchev–Trinajstić information content (AvgIpc) is 2.42. The number of amides is 1. The van der Waals surface area contributed by atoms with Crippen molar-refractivity contribution >= 4 is 21.8 Å². The first-order valence-corrected chi connectivity index (χ1v) is 7.64. The number of halogens is 2. The lowest BCUT2D eigenvalue weighted by Gasteiger charge is -2.32. The van der Waals surface area contributed by atoms with Crippen molar-refractivity contribution in [1.82, 2.24) is 9.80 Å². The van der Waals surface area contributed by atoms with E-state index in [9.17, 15) is 9.18 Å². The lowest BCUT2D eigenvalue weighted by Crippen LogP contribution is -2.39. The number of likely N-dealkylation sites (tertiary alicyclic amines) is 1. The van der Waals surface area contributed by atoms with Crippen molar-refractivity contribution < 1.29 is 9.18 Å². The Hall–Kier alpha value is -0.940. The zero-order chi connectivity index (χ0) is 14.7. The summed E-state index contributed by atoms with van der Waals surface area (Å²) in [6.07, 6.45) is 1.80. The van der Waals surface area contributed by atoms with E-state index in [1.54, 1.807) is 4.90 Å². The number of carbonyl (C=O) groups is 1. The molecule has 0 radical (unpaired) electrons. The Morgan fingerprint density at radius 2 is 2.05 bits per heavy atom. The number of benzene rings is 1. The Morgan fingerprint density at radius 3 is 2.60 bits per heavy atom. The van der Waals surface area contributed by atoms with Crippen molar-refractivity contribution in [1.29, 1.82) is 0 Å². The monoisotopic (exact) mass is 342 g/mol. The van der Waals surface area contributed by atoms with Crippen molar-refractivity contribution in [3.63, 3.8) is 0 Å². The van der Waals surface area contributed by atoms with Crippen LogP contribution in [-0.4, -0.2) is 42.9 Å². The van der Waals surface area contributed by atoms with Crippen molar-refractivity contribution in [2.45, 2.75) is 19.4 Å². The molecule has 0 N–H and O–H groups in total. The van der Waals surface area contributed by atoms with Gasteiger partial charge in [0.2, 0.25) is 5.91 Å². The van der Waals surface area contributed by atoms with E-state index in [0.29, 0.717) is 0 Å². The summed E-state index contributed by atoms with van der Waals surface area (Å²) in [6.45, 7) is 2.62. The van der Waals surface area contributed by atoms with Crippen molar-refractivity contribution in [2.24, 2.45) is 5.92 Å². The SMILES string of the molecule is CN(C)C(=O)C1CCN(Cc2ccc(F)cc2Br)CC1. The minimum Gasteiger partial charge on any atom is -0.349 e. The minimum atomic E-state index is -0.226. The van der Waals surface area contributed by atoms with Crippen LogP contribution in [0.5, 0.6) is 0 Å². The van der Waals surface area contributed by atoms with Gasteiger partial charge in [0.1, 0.15) is 5.82 Å². The average molecular weight is 343 g/mol. The van der Waals surface area contributed by atoms with Crippen LogP contribution in [0.1, 0.15) is 18.4 Å². The van der Waals surface area contributed by atoms with E-state index < -0.39 is 0 Å². The smallest absolute Gasteiger partial charge is 0.225 e. The Bertz CT molecular complexity index is 485. The number of nitrogens with zero attached hydrogens (tertiary/aromatic N) is 2. The van der Waals surface area contributed by atoms with Crippen LogP contribution in [0, 0.1) is 11.7 Å². The third kappa shape index (κ3) is 3.79.